The highest BCUT2D eigenvalue weighted by Gasteiger charge is 2.50. The van der Waals surface area contributed by atoms with Crippen LogP contribution in [0.15, 0.2) is 10.7 Å². The lowest BCUT2D eigenvalue weighted by Gasteiger charge is -2.56. The van der Waals surface area contributed by atoms with Gasteiger partial charge in [0.1, 0.15) is 0 Å². The first-order valence-electron chi connectivity index (χ1n) is 6.58. The Morgan fingerprint density at radius 3 is 2.29 bits per heavy atom. The van der Waals surface area contributed by atoms with Crippen LogP contribution in [0.2, 0.25) is 0 Å². The molecule has 0 unspecified atom stereocenters. The summed E-state index contributed by atoms with van der Waals surface area (Å²) in [7, 11) is 0. The van der Waals surface area contributed by atoms with Crippen molar-refractivity contribution in [2.45, 2.75) is 44.1 Å². The van der Waals surface area contributed by atoms with E-state index in [1.807, 2.05) is 0 Å². The molecule has 4 saturated carbocycles. The maximum absolute atomic E-state index is 5.54. The fraction of sp³-hybridized carbons (Fsp3) is 0.833. The van der Waals surface area contributed by atoms with Gasteiger partial charge >= 0.3 is 0 Å². The van der Waals surface area contributed by atoms with Gasteiger partial charge in [0.25, 0.3) is 12.1 Å². The first-order valence-corrected chi connectivity index (χ1v) is 6.58. The van der Waals surface area contributed by atoms with Crippen LogP contribution in [0.4, 0.5) is 5.88 Å². The van der Waals surface area contributed by atoms with E-state index in [-0.39, 0.29) is 5.54 Å². The number of aromatic nitrogens is 2. The molecule has 0 saturated heterocycles. The molecule has 17 heavy (non-hydrogen) atoms. The molecule has 5 nitrogen and oxygen atoms in total. The molecule has 0 spiro atoms. The second kappa shape index (κ2) is 3.15. The summed E-state index contributed by atoms with van der Waals surface area (Å²) in [5.41, 5.74) is 10.5. The fourth-order valence-corrected chi connectivity index (χ4v) is 4.70. The molecule has 5 heteroatoms. The number of rotatable bonds is 2. The molecule has 0 radical (unpaired) electrons. The van der Waals surface area contributed by atoms with E-state index in [1.165, 1.54) is 38.5 Å². The lowest BCUT2D eigenvalue weighted by atomic mass is 9.53. The zero-order chi connectivity index (χ0) is 11.5. The Balaban J connectivity index is 1.60. The largest absolute Gasteiger partial charge is 0.382 e. The second-order valence-electron chi connectivity index (χ2n) is 6.27. The summed E-state index contributed by atoms with van der Waals surface area (Å²) in [5.74, 6) is 3.03. The molecule has 0 aliphatic heterocycles. The first-order chi connectivity index (χ1) is 8.21. The van der Waals surface area contributed by atoms with Crippen molar-refractivity contribution in [1.29, 1.82) is 0 Å². The molecule has 4 fully saturated rings. The summed E-state index contributed by atoms with van der Waals surface area (Å²) in [4.78, 5) is 1.54. The van der Waals surface area contributed by atoms with Crippen LogP contribution in [-0.2, 0) is 0 Å². The third kappa shape index (κ3) is 1.51. The van der Waals surface area contributed by atoms with E-state index in [4.69, 9.17) is 15.7 Å². The second-order valence-corrected chi connectivity index (χ2v) is 6.27. The van der Waals surface area contributed by atoms with Crippen molar-refractivity contribution >= 4 is 5.88 Å². The van der Waals surface area contributed by atoms with Crippen LogP contribution in [0, 0.1) is 17.8 Å². The molecule has 5 rings (SSSR count). The topological polar surface area (TPSA) is 70.0 Å². The molecule has 4 bridgehead atoms. The van der Waals surface area contributed by atoms with Crippen LogP contribution in [0.1, 0.15) is 38.5 Å². The van der Waals surface area contributed by atoms with Gasteiger partial charge in [-0.15, -0.1) is 0 Å². The molecule has 0 atom stereocenters. The fourth-order valence-electron chi connectivity index (χ4n) is 4.70. The Labute approximate surface area is 100 Å². The zero-order valence-corrected chi connectivity index (χ0v) is 9.88. The number of nitrogen functional groups attached to an aromatic ring is 1. The van der Waals surface area contributed by atoms with Gasteiger partial charge in [0, 0.05) is 5.54 Å². The Bertz CT molecular complexity index is 406. The Hall–Kier alpha value is -1.26. The van der Waals surface area contributed by atoms with Gasteiger partial charge in [-0.25, -0.2) is 5.43 Å². The minimum absolute atomic E-state index is 0.128. The number of nitrogens with zero attached hydrogens (tertiary/aromatic N) is 3. The third-order valence-electron chi connectivity index (χ3n) is 4.79. The summed E-state index contributed by atoms with van der Waals surface area (Å²) in [6.45, 7) is 0. The predicted molar refractivity (Wildman–Crippen MR) is 60.8 cm³/mol. The molecule has 4 aliphatic rings. The summed E-state index contributed by atoms with van der Waals surface area (Å²) < 4.78 is 4.88. The average Bonchev–Trinajstić information content (AvgIpc) is 2.60. The molecule has 1 aromatic rings. The van der Waals surface area contributed by atoms with Crippen LogP contribution in [0.3, 0.4) is 0 Å². The number of anilines is 1. The van der Waals surface area contributed by atoms with Crippen molar-refractivity contribution in [3.05, 3.63) is 11.6 Å². The maximum atomic E-state index is 5.54. The lowest BCUT2D eigenvalue weighted by molar-refractivity contribution is -0.703. The minimum atomic E-state index is 0.128. The number of nitrogens with two attached hydrogens (primary N) is 1. The maximum Gasteiger partial charge on any atom is 0.265 e. The smallest absolute Gasteiger partial charge is 0.265 e. The molecule has 0 amide bonds. The Kier molecular flexibility index (Phi) is 1.80. The van der Waals surface area contributed by atoms with Gasteiger partial charge < -0.3 is 10.3 Å². The summed E-state index contributed by atoms with van der Waals surface area (Å²) in [5, 5.41) is 3.84. The van der Waals surface area contributed by atoms with E-state index in [1.54, 1.807) is 11.0 Å². The van der Waals surface area contributed by atoms with Crippen LogP contribution < -0.4 is 10.5 Å². The quantitative estimate of drug-likeness (QED) is 0.791. The number of hydrogen-bond donors (Lipinski definition) is 1. The normalized spacial score (nSPS) is 42.9. The first kappa shape index (κ1) is 9.74. The van der Waals surface area contributed by atoms with Gasteiger partial charge in [-0.3, -0.25) is 0 Å². The minimum Gasteiger partial charge on any atom is -0.382 e. The van der Waals surface area contributed by atoms with E-state index in [2.05, 4.69) is 5.27 Å². The highest BCUT2D eigenvalue weighted by atomic mass is 16.5. The predicted octanol–water partition coefficient (Wildman–Crippen LogP) is 1.65. The van der Waals surface area contributed by atoms with Crippen molar-refractivity contribution in [3.8, 4) is 0 Å². The lowest BCUT2D eigenvalue weighted by Crippen LogP contribution is -2.54. The molecule has 1 heterocycles. The third-order valence-corrected chi connectivity index (χ3v) is 4.79. The molecular formula is C12H18N4O. The molecule has 0 aromatic carbocycles. The van der Waals surface area contributed by atoms with Gasteiger partial charge in [-0.2, -0.15) is 0 Å². The van der Waals surface area contributed by atoms with Crippen LogP contribution >= 0.6 is 0 Å². The summed E-state index contributed by atoms with van der Waals surface area (Å²) in [6, 6.07) is 0. The van der Waals surface area contributed by atoms with Crippen LogP contribution in [0.25, 0.3) is 5.43 Å². The molecule has 1 aromatic heterocycles. The van der Waals surface area contributed by atoms with E-state index in [0.29, 0.717) is 5.88 Å². The van der Waals surface area contributed by atoms with Gasteiger partial charge in [-0.1, -0.05) is 4.79 Å². The van der Waals surface area contributed by atoms with Crippen molar-refractivity contribution in [2.24, 2.45) is 17.8 Å². The highest BCUT2D eigenvalue weighted by molar-refractivity contribution is 5.15. The van der Waals surface area contributed by atoms with E-state index < -0.39 is 0 Å². The SMILES string of the molecule is Nc1c[n+]([N-]C23CC4CC(CC(C4)C2)C3)no1. The van der Waals surface area contributed by atoms with Crippen molar-refractivity contribution in [2.75, 3.05) is 5.73 Å². The van der Waals surface area contributed by atoms with Crippen molar-refractivity contribution in [1.82, 2.24) is 5.27 Å². The molecular weight excluding hydrogens is 216 g/mol. The molecule has 4 aliphatic carbocycles. The summed E-state index contributed by atoms with van der Waals surface area (Å²) in [6.07, 6.45) is 9.66. The van der Waals surface area contributed by atoms with E-state index in [9.17, 15) is 0 Å². The van der Waals surface area contributed by atoms with Crippen LogP contribution in [0.5, 0.6) is 0 Å². The van der Waals surface area contributed by atoms with Crippen molar-refractivity contribution < 1.29 is 9.31 Å². The number of hydrogen-bond acceptors (Lipinski definition) is 3. The molecule has 2 N–H and O–H groups in total. The summed E-state index contributed by atoms with van der Waals surface area (Å²) >= 11 is 0. The monoisotopic (exact) mass is 234 g/mol. The van der Waals surface area contributed by atoms with Crippen LogP contribution in [-0.4, -0.2) is 10.8 Å². The highest BCUT2D eigenvalue weighted by Crippen LogP contribution is 2.57. The zero-order valence-electron chi connectivity index (χ0n) is 9.88. The van der Waals surface area contributed by atoms with Gasteiger partial charge in [0.2, 0.25) is 0 Å². The van der Waals surface area contributed by atoms with E-state index in [0.717, 1.165) is 17.8 Å². The van der Waals surface area contributed by atoms with Gasteiger partial charge in [0.05, 0.1) is 0 Å². The van der Waals surface area contributed by atoms with E-state index >= 15 is 0 Å². The Morgan fingerprint density at radius 2 is 1.82 bits per heavy atom. The average molecular weight is 234 g/mol. The van der Waals surface area contributed by atoms with Crippen molar-refractivity contribution in [3.63, 3.8) is 0 Å². The molecule has 92 valence electrons. The van der Waals surface area contributed by atoms with Gasteiger partial charge in [0.15, 0.2) is 0 Å². The standard InChI is InChI=1S/C12H18N4O/c13-11-7-16(15-17-11)14-12-4-8-1-9(5-12)3-10(2-8)6-12/h7-10H,1-6,13H2. The van der Waals surface area contributed by atoms with Gasteiger partial charge in [-0.05, 0) is 61.6 Å². The Morgan fingerprint density at radius 1 is 1.24 bits per heavy atom.